The third kappa shape index (κ3) is 4.19. The van der Waals surface area contributed by atoms with E-state index in [2.05, 4.69) is 11.4 Å². The van der Waals surface area contributed by atoms with Gasteiger partial charge in [0.05, 0.1) is 12.5 Å². The van der Waals surface area contributed by atoms with E-state index in [-0.39, 0.29) is 11.9 Å². The number of amides is 1. The summed E-state index contributed by atoms with van der Waals surface area (Å²) >= 11 is 0. The van der Waals surface area contributed by atoms with Crippen molar-refractivity contribution in [3.8, 4) is 6.07 Å². The summed E-state index contributed by atoms with van der Waals surface area (Å²) in [6.07, 6.45) is 0.871. The van der Waals surface area contributed by atoms with E-state index in [1.54, 1.807) is 7.05 Å². The standard InChI is InChI=1S/C14H19N3O/c1-16-14(18)9-11-17(2)13(8-10-15)12-6-4-3-5-7-12/h3-7,13H,8-9,11H2,1-2H3,(H,16,18). The smallest absolute Gasteiger partial charge is 0.221 e. The second kappa shape index (κ2) is 7.46. The third-order valence-corrected chi connectivity index (χ3v) is 2.97. The molecule has 18 heavy (non-hydrogen) atoms. The van der Waals surface area contributed by atoms with Crippen LogP contribution in [0.3, 0.4) is 0 Å². The van der Waals surface area contributed by atoms with Crippen LogP contribution < -0.4 is 5.32 Å². The van der Waals surface area contributed by atoms with Crippen molar-refractivity contribution in [1.82, 2.24) is 10.2 Å². The van der Waals surface area contributed by atoms with E-state index in [9.17, 15) is 4.79 Å². The number of rotatable bonds is 6. The lowest BCUT2D eigenvalue weighted by Crippen LogP contribution is -2.29. The number of carbonyl (C=O) groups excluding carboxylic acids is 1. The number of carbonyl (C=O) groups is 1. The Balaban J connectivity index is 2.67. The Morgan fingerprint density at radius 2 is 2.11 bits per heavy atom. The minimum Gasteiger partial charge on any atom is -0.359 e. The maximum Gasteiger partial charge on any atom is 0.221 e. The first-order chi connectivity index (χ1) is 8.69. The summed E-state index contributed by atoms with van der Waals surface area (Å²) in [4.78, 5) is 13.3. The van der Waals surface area contributed by atoms with Crippen LogP contribution >= 0.6 is 0 Å². The minimum atomic E-state index is 0.0191. The van der Waals surface area contributed by atoms with Crippen LogP contribution in [0.25, 0.3) is 0 Å². The van der Waals surface area contributed by atoms with Gasteiger partial charge >= 0.3 is 0 Å². The summed E-state index contributed by atoms with van der Waals surface area (Å²) in [5.74, 6) is 0.0191. The molecule has 1 aromatic carbocycles. The summed E-state index contributed by atoms with van der Waals surface area (Å²) in [7, 11) is 3.57. The monoisotopic (exact) mass is 245 g/mol. The van der Waals surface area contributed by atoms with Gasteiger partial charge in [0.1, 0.15) is 0 Å². The predicted octanol–water partition coefficient (Wildman–Crippen LogP) is 1.71. The number of nitrogens with zero attached hydrogens (tertiary/aromatic N) is 2. The van der Waals surface area contributed by atoms with Crippen LogP contribution in [0, 0.1) is 11.3 Å². The molecule has 0 fully saturated rings. The fourth-order valence-corrected chi connectivity index (χ4v) is 1.85. The van der Waals surface area contributed by atoms with Crippen molar-refractivity contribution < 1.29 is 4.79 Å². The largest absolute Gasteiger partial charge is 0.359 e. The Labute approximate surface area is 108 Å². The van der Waals surface area contributed by atoms with E-state index < -0.39 is 0 Å². The highest BCUT2D eigenvalue weighted by Crippen LogP contribution is 2.22. The molecular formula is C14H19N3O. The molecule has 0 saturated carbocycles. The molecule has 0 spiro atoms. The molecule has 0 radical (unpaired) electrons. The predicted molar refractivity (Wildman–Crippen MR) is 70.7 cm³/mol. The van der Waals surface area contributed by atoms with E-state index in [0.29, 0.717) is 19.4 Å². The highest BCUT2D eigenvalue weighted by Gasteiger charge is 2.16. The van der Waals surface area contributed by atoms with E-state index >= 15 is 0 Å². The Morgan fingerprint density at radius 1 is 1.44 bits per heavy atom. The third-order valence-electron chi connectivity index (χ3n) is 2.97. The van der Waals surface area contributed by atoms with Crippen molar-refractivity contribution in [2.24, 2.45) is 0 Å². The van der Waals surface area contributed by atoms with Gasteiger partial charge in [0, 0.05) is 26.1 Å². The van der Waals surface area contributed by atoms with Gasteiger partial charge in [0.25, 0.3) is 0 Å². The highest BCUT2D eigenvalue weighted by molar-refractivity contribution is 5.75. The molecule has 1 rings (SSSR count). The van der Waals surface area contributed by atoms with Crippen molar-refractivity contribution in [2.45, 2.75) is 18.9 Å². The van der Waals surface area contributed by atoms with E-state index in [1.165, 1.54) is 0 Å². The van der Waals surface area contributed by atoms with Crippen LogP contribution in [0.15, 0.2) is 30.3 Å². The average molecular weight is 245 g/mol. The molecule has 1 unspecified atom stereocenters. The van der Waals surface area contributed by atoms with Gasteiger partial charge in [-0.25, -0.2) is 0 Å². The van der Waals surface area contributed by atoms with Crippen molar-refractivity contribution >= 4 is 5.91 Å². The summed E-state index contributed by atoms with van der Waals surface area (Å²) < 4.78 is 0. The molecule has 0 aliphatic carbocycles. The van der Waals surface area contributed by atoms with Crippen molar-refractivity contribution in [3.63, 3.8) is 0 Å². The van der Waals surface area contributed by atoms with Crippen molar-refractivity contribution in [3.05, 3.63) is 35.9 Å². The zero-order chi connectivity index (χ0) is 13.4. The summed E-state index contributed by atoms with van der Waals surface area (Å²) in [6.45, 7) is 0.640. The quantitative estimate of drug-likeness (QED) is 0.830. The van der Waals surface area contributed by atoms with Gasteiger partial charge in [-0.3, -0.25) is 9.69 Å². The van der Waals surface area contributed by atoms with Gasteiger partial charge in [0.15, 0.2) is 0 Å². The van der Waals surface area contributed by atoms with E-state index in [1.807, 2.05) is 42.3 Å². The van der Waals surface area contributed by atoms with Crippen molar-refractivity contribution in [2.75, 3.05) is 20.6 Å². The molecule has 1 aromatic rings. The normalized spacial score (nSPS) is 11.9. The number of benzene rings is 1. The first kappa shape index (κ1) is 14.2. The molecule has 0 aliphatic heterocycles. The lowest BCUT2D eigenvalue weighted by Gasteiger charge is -2.26. The lowest BCUT2D eigenvalue weighted by molar-refractivity contribution is -0.120. The number of nitrogens with one attached hydrogen (secondary N) is 1. The Hall–Kier alpha value is -1.86. The number of hydrogen-bond acceptors (Lipinski definition) is 3. The molecule has 0 aliphatic rings. The van der Waals surface area contributed by atoms with Crippen LogP contribution in [0.1, 0.15) is 24.4 Å². The van der Waals surface area contributed by atoms with E-state index in [0.717, 1.165) is 5.56 Å². The first-order valence-electron chi connectivity index (χ1n) is 6.01. The molecular weight excluding hydrogens is 226 g/mol. The fraction of sp³-hybridized carbons (Fsp3) is 0.429. The SMILES string of the molecule is CNC(=O)CCN(C)C(CC#N)c1ccccc1. The molecule has 1 amide bonds. The van der Waals surface area contributed by atoms with Gasteiger partial charge in [-0.05, 0) is 12.6 Å². The highest BCUT2D eigenvalue weighted by atomic mass is 16.1. The molecule has 1 N–H and O–H groups in total. The molecule has 0 heterocycles. The van der Waals surface area contributed by atoms with Gasteiger partial charge in [0.2, 0.25) is 5.91 Å². The van der Waals surface area contributed by atoms with Crippen molar-refractivity contribution in [1.29, 1.82) is 5.26 Å². The zero-order valence-electron chi connectivity index (χ0n) is 10.9. The Bertz CT molecular complexity index is 411. The first-order valence-corrected chi connectivity index (χ1v) is 6.01. The molecule has 96 valence electrons. The van der Waals surface area contributed by atoms with Gasteiger partial charge < -0.3 is 5.32 Å². The maximum absolute atomic E-state index is 11.2. The second-order valence-electron chi connectivity index (χ2n) is 4.19. The summed E-state index contributed by atoms with van der Waals surface area (Å²) in [6, 6.07) is 12.2. The lowest BCUT2D eigenvalue weighted by atomic mass is 10.0. The summed E-state index contributed by atoms with van der Waals surface area (Å²) in [5, 5.41) is 11.5. The molecule has 0 saturated heterocycles. The van der Waals surface area contributed by atoms with Crippen LogP contribution in [0.4, 0.5) is 0 Å². The van der Waals surface area contributed by atoms with Crippen LogP contribution in [-0.4, -0.2) is 31.4 Å². The van der Waals surface area contributed by atoms with Gasteiger partial charge in [-0.15, -0.1) is 0 Å². The molecule has 0 aromatic heterocycles. The maximum atomic E-state index is 11.2. The van der Waals surface area contributed by atoms with E-state index in [4.69, 9.17) is 5.26 Å². The van der Waals surface area contributed by atoms with Gasteiger partial charge in [-0.2, -0.15) is 5.26 Å². The molecule has 1 atom stereocenters. The molecule has 4 nitrogen and oxygen atoms in total. The van der Waals surface area contributed by atoms with Crippen LogP contribution in [0.2, 0.25) is 0 Å². The Morgan fingerprint density at radius 3 is 2.67 bits per heavy atom. The van der Waals surface area contributed by atoms with Crippen LogP contribution in [-0.2, 0) is 4.79 Å². The average Bonchev–Trinajstić information content (AvgIpc) is 2.42. The van der Waals surface area contributed by atoms with Crippen LogP contribution in [0.5, 0.6) is 0 Å². The number of nitriles is 1. The second-order valence-corrected chi connectivity index (χ2v) is 4.19. The topological polar surface area (TPSA) is 56.1 Å². The summed E-state index contributed by atoms with van der Waals surface area (Å²) in [5.41, 5.74) is 1.11. The molecule has 0 bridgehead atoms. The molecule has 4 heteroatoms. The fourth-order valence-electron chi connectivity index (χ4n) is 1.85. The number of hydrogen-bond donors (Lipinski definition) is 1. The van der Waals surface area contributed by atoms with Gasteiger partial charge in [-0.1, -0.05) is 30.3 Å². The Kier molecular flexibility index (Phi) is 5.89. The zero-order valence-corrected chi connectivity index (χ0v) is 10.9. The minimum absolute atomic E-state index is 0.0191.